The maximum atomic E-state index is 12.2. The minimum Gasteiger partial charge on any atom is -0.475 e. The number of likely N-dealkylation sites (N-methyl/N-ethyl adjacent to an activating group) is 2. The van der Waals surface area contributed by atoms with Gasteiger partial charge < -0.3 is 24.7 Å². The van der Waals surface area contributed by atoms with E-state index in [1.54, 1.807) is 0 Å². The number of piperidine rings is 1. The second kappa shape index (κ2) is 13.6. The van der Waals surface area contributed by atoms with Crippen LogP contribution in [0.1, 0.15) is 38.5 Å². The van der Waals surface area contributed by atoms with Gasteiger partial charge in [0.2, 0.25) is 5.91 Å². The van der Waals surface area contributed by atoms with Crippen LogP contribution in [-0.2, 0) is 19.1 Å². The fourth-order valence-electron chi connectivity index (χ4n) is 4.19. The van der Waals surface area contributed by atoms with Crippen LogP contribution in [0.5, 0.6) is 0 Å². The predicted molar refractivity (Wildman–Crippen MR) is 119 cm³/mol. The molecule has 0 aromatic carbocycles. The summed E-state index contributed by atoms with van der Waals surface area (Å²) >= 11 is 0. The van der Waals surface area contributed by atoms with E-state index in [4.69, 9.17) is 24.5 Å². The Kier molecular flexibility index (Phi) is 12.1. The van der Waals surface area contributed by atoms with Gasteiger partial charge in [0.05, 0.1) is 13.2 Å². The fourth-order valence-corrected chi connectivity index (χ4v) is 4.19. The monoisotopic (exact) mass is 551 g/mol. The smallest absolute Gasteiger partial charge is 0.475 e. The van der Waals surface area contributed by atoms with Crippen LogP contribution in [0.25, 0.3) is 0 Å². The number of alkyl halides is 6. The van der Waals surface area contributed by atoms with Crippen LogP contribution in [0.4, 0.5) is 26.3 Å². The van der Waals surface area contributed by atoms with Crippen LogP contribution in [0.2, 0.25) is 0 Å². The van der Waals surface area contributed by atoms with E-state index in [-0.39, 0.29) is 5.91 Å². The van der Waals surface area contributed by atoms with Crippen LogP contribution in [0.15, 0.2) is 0 Å². The Morgan fingerprint density at radius 1 is 0.892 bits per heavy atom. The summed E-state index contributed by atoms with van der Waals surface area (Å²) in [5.41, 5.74) is 0.308. The van der Waals surface area contributed by atoms with Crippen molar-refractivity contribution in [1.82, 2.24) is 14.7 Å². The Morgan fingerprint density at radius 3 is 1.73 bits per heavy atom. The number of aliphatic carboxylic acids is 2. The summed E-state index contributed by atoms with van der Waals surface area (Å²) in [4.78, 5) is 36.6. The van der Waals surface area contributed by atoms with Crippen molar-refractivity contribution in [3.63, 3.8) is 0 Å². The van der Waals surface area contributed by atoms with Gasteiger partial charge in [-0.2, -0.15) is 26.3 Å². The second-order valence-corrected chi connectivity index (χ2v) is 9.73. The van der Waals surface area contributed by atoms with Crippen LogP contribution >= 0.6 is 0 Å². The van der Waals surface area contributed by atoms with Gasteiger partial charge in [0.1, 0.15) is 0 Å². The Hall–Kier alpha value is -2.13. The zero-order chi connectivity index (χ0) is 28.6. The molecule has 3 rings (SSSR count). The summed E-state index contributed by atoms with van der Waals surface area (Å²) in [5.74, 6) is -4.39. The number of hydrogen-bond donors (Lipinski definition) is 2. The molecule has 1 unspecified atom stereocenters. The number of carbonyl (C=O) groups excluding carboxylic acids is 1. The van der Waals surface area contributed by atoms with Crippen LogP contribution < -0.4 is 0 Å². The molecule has 2 heterocycles. The number of hydrogen-bond acceptors (Lipinski definition) is 6. The summed E-state index contributed by atoms with van der Waals surface area (Å²) in [7, 11) is 6.19. The summed E-state index contributed by atoms with van der Waals surface area (Å²) in [6, 6.07) is 0.567. The largest absolute Gasteiger partial charge is 0.490 e. The third-order valence-corrected chi connectivity index (χ3v) is 6.58. The molecule has 3 fully saturated rings. The highest BCUT2D eigenvalue weighted by atomic mass is 19.4. The molecule has 1 atom stereocenters. The molecule has 1 amide bonds. The maximum absolute atomic E-state index is 12.2. The highest BCUT2D eigenvalue weighted by molar-refractivity contribution is 5.78. The SMILES string of the molecule is CN(C)CC(=O)N1CCC2(CCC(COCC3CC3)N2C)CC1.O=C(O)C(F)(F)F.O=C(O)C(F)(F)F. The molecule has 9 nitrogen and oxygen atoms in total. The first-order valence-corrected chi connectivity index (χ1v) is 11.7. The van der Waals surface area contributed by atoms with Crippen molar-refractivity contribution in [3.8, 4) is 0 Å². The Bertz CT molecular complexity index is 741. The minimum atomic E-state index is -5.08. The predicted octanol–water partition coefficient (Wildman–Crippen LogP) is 2.70. The number of nitrogens with zero attached hydrogens (tertiary/aromatic N) is 3. The van der Waals surface area contributed by atoms with Gasteiger partial charge in [0.15, 0.2) is 0 Å². The Morgan fingerprint density at radius 2 is 1.35 bits per heavy atom. The molecule has 37 heavy (non-hydrogen) atoms. The van der Waals surface area contributed by atoms with E-state index in [0.717, 1.165) is 45.1 Å². The number of carboxylic acids is 2. The van der Waals surface area contributed by atoms with Crippen molar-refractivity contribution < 1.29 is 55.7 Å². The van der Waals surface area contributed by atoms with Crippen LogP contribution in [-0.4, -0.2) is 121 Å². The molecule has 15 heteroatoms. The Labute approximate surface area is 211 Å². The third-order valence-electron chi connectivity index (χ3n) is 6.58. The number of carbonyl (C=O) groups is 3. The molecule has 0 radical (unpaired) electrons. The van der Waals surface area contributed by atoms with Crippen LogP contribution in [0, 0.1) is 5.92 Å². The van der Waals surface area contributed by atoms with Gasteiger partial charge in [-0.3, -0.25) is 9.69 Å². The molecule has 2 N–H and O–H groups in total. The number of carboxylic acid groups (broad SMARTS) is 2. The van der Waals surface area contributed by atoms with Gasteiger partial charge in [0.25, 0.3) is 0 Å². The lowest BCUT2D eigenvalue weighted by Gasteiger charge is -2.45. The molecule has 2 aliphatic heterocycles. The van der Waals surface area contributed by atoms with Gasteiger partial charge in [-0.1, -0.05) is 0 Å². The lowest BCUT2D eigenvalue weighted by molar-refractivity contribution is -0.193. The summed E-state index contributed by atoms with van der Waals surface area (Å²) in [5, 5.41) is 14.2. The number of ether oxygens (including phenoxy) is 1. The van der Waals surface area contributed by atoms with Crippen molar-refractivity contribution in [2.45, 2.75) is 62.5 Å². The molecule has 3 aliphatic rings. The molecule has 0 bridgehead atoms. The summed E-state index contributed by atoms with van der Waals surface area (Å²) < 4.78 is 69.4. The van der Waals surface area contributed by atoms with E-state index in [2.05, 4.69) is 16.8 Å². The molecule has 2 saturated heterocycles. The van der Waals surface area contributed by atoms with E-state index in [1.165, 1.54) is 25.7 Å². The molecular formula is C22H35F6N3O6. The quantitative estimate of drug-likeness (QED) is 0.485. The summed E-state index contributed by atoms with van der Waals surface area (Å²) in [6.07, 6.45) is -2.71. The molecule has 1 aliphatic carbocycles. The molecule has 1 spiro atoms. The van der Waals surface area contributed by atoms with Crippen molar-refractivity contribution in [2.24, 2.45) is 5.92 Å². The second-order valence-electron chi connectivity index (χ2n) is 9.73. The highest BCUT2D eigenvalue weighted by Crippen LogP contribution is 2.40. The van der Waals surface area contributed by atoms with Crippen molar-refractivity contribution in [1.29, 1.82) is 0 Å². The first-order valence-electron chi connectivity index (χ1n) is 11.7. The van der Waals surface area contributed by atoms with Crippen LogP contribution in [0.3, 0.4) is 0 Å². The molecule has 0 aromatic rings. The number of rotatable bonds is 6. The third kappa shape index (κ3) is 11.4. The lowest BCUT2D eigenvalue weighted by atomic mass is 9.85. The minimum absolute atomic E-state index is 0.273. The van der Waals surface area contributed by atoms with E-state index in [1.807, 2.05) is 19.0 Å². The van der Waals surface area contributed by atoms with Crippen molar-refractivity contribution >= 4 is 17.8 Å². The van der Waals surface area contributed by atoms with Gasteiger partial charge >= 0.3 is 24.3 Å². The van der Waals surface area contributed by atoms with Gasteiger partial charge in [-0.15, -0.1) is 0 Å². The lowest BCUT2D eigenvalue weighted by Crippen LogP contribution is -2.54. The average Bonchev–Trinajstić information content (AvgIpc) is 3.54. The number of likely N-dealkylation sites (tertiary alicyclic amines) is 2. The number of halogens is 6. The molecular weight excluding hydrogens is 516 g/mol. The van der Waals surface area contributed by atoms with Crippen molar-refractivity contribution in [3.05, 3.63) is 0 Å². The van der Waals surface area contributed by atoms with Gasteiger partial charge in [-0.05, 0) is 65.6 Å². The van der Waals surface area contributed by atoms with Gasteiger partial charge in [0, 0.05) is 31.3 Å². The van der Waals surface area contributed by atoms with E-state index < -0.39 is 24.3 Å². The standard InChI is InChI=1S/C18H33N3O2.2C2HF3O2/c1-19(2)12-17(22)21-10-8-18(9-11-21)7-6-16(20(18)3)14-23-13-15-4-5-15;2*3-2(4,5)1(6)7/h15-16H,4-14H2,1-3H3;2*(H,6,7). The fraction of sp³-hybridized carbons (Fsp3) is 0.864. The van der Waals surface area contributed by atoms with Crippen molar-refractivity contribution in [2.75, 3.05) is 54.0 Å². The zero-order valence-electron chi connectivity index (χ0n) is 21.1. The topological polar surface area (TPSA) is 111 Å². The first kappa shape index (κ1) is 32.9. The molecule has 1 saturated carbocycles. The first-order chi connectivity index (χ1) is 16.9. The maximum Gasteiger partial charge on any atom is 0.490 e. The highest BCUT2D eigenvalue weighted by Gasteiger charge is 2.46. The van der Waals surface area contributed by atoms with E-state index in [9.17, 15) is 31.1 Å². The average molecular weight is 552 g/mol. The number of amides is 1. The van der Waals surface area contributed by atoms with Gasteiger partial charge in [-0.25, -0.2) is 9.59 Å². The normalized spacial score (nSPS) is 21.7. The molecule has 216 valence electrons. The zero-order valence-corrected chi connectivity index (χ0v) is 21.1. The Balaban J connectivity index is 0.000000404. The molecule has 0 aromatic heterocycles. The van der Waals surface area contributed by atoms with E-state index >= 15 is 0 Å². The summed E-state index contributed by atoms with van der Waals surface area (Å²) in [6.45, 7) is 4.20. The van der Waals surface area contributed by atoms with E-state index in [0.29, 0.717) is 18.1 Å².